The number of halogens is 1. The number of fused-ring (bicyclic) bond motifs is 1. The standard InChI is InChI=1S/C26H24FN3O3/c1-16-6-8-18(9-7-16)15-30-22(25-20(26(30)33)4-3-5-21(25)27)11-13-24(32)29-23-12-10-19(14-28-23)17(2)31/h3-10,12,14,22H,11,13,15H2,1-2H3,(H,28,29,32). The quantitative estimate of drug-likeness (QED) is 0.528. The molecule has 1 aromatic heterocycles. The Morgan fingerprint density at radius 2 is 1.85 bits per heavy atom. The average molecular weight is 445 g/mol. The highest BCUT2D eigenvalue weighted by Gasteiger charge is 2.38. The lowest BCUT2D eigenvalue weighted by Gasteiger charge is -2.25. The average Bonchev–Trinajstić information content (AvgIpc) is 3.06. The maximum absolute atomic E-state index is 14.7. The predicted molar refractivity (Wildman–Crippen MR) is 122 cm³/mol. The van der Waals surface area contributed by atoms with Crippen LogP contribution in [0.2, 0.25) is 0 Å². The zero-order valence-corrected chi connectivity index (χ0v) is 18.5. The number of ketones is 1. The van der Waals surface area contributed by atoms with Crippen LogP contribution < -0.4 is 5.32 Å². The number of rotatable bonds is 7. The number of anilines is 1. The van der Waals surface area contributed by atoms with Crippen molar-refractivity contribution < 1.29 is 18.8 Å². The zero-order chi connectivity index (χ0) is 23.5. The van der Waals surface area contributed by atoms with Gasteiger partial charge in [0.05, 0.1) is 6.04 Å². The van der Waals surface area contributed by atoms with E-state index in [9.17, 15) is 18.8 Å². The van der Waals surface area contributed by atoms with Crippen molar-refractivity contribution >= 4 is 23.4 Å². The molecule has 4 rings (SSSR count). The van der Waals surface area contributed by atoms with Crippen LogP contribution in [-0.4, -0.2) is 27.5 Å². The molecule has 2 amide bonds. The molecule has 1 unspecified atom stereocenters. The Morgan fingerprint density at radius 3 is 2.52 bits per heavy atom. The van der Waals surface area contributed by atoms with Gasteiger partial charge in [-0.15, -0.1) is 0 Å². The number of hydrogen-bond donors (Lipinski definition) is 1. The number of amides is 2. The number of aromatic nitrogens is 1. The summed E-state index contributed by atoms with van der Waals surface area (Å²) in [5, 5.41) is 2.69. The molecule has 7 heteroatoms. The maximum Gasteiger partial charge on any atom is 0.255 e. The van der Waals surface area contributed by atoms with Gasteiger partial charge in [-0.05, 0) is 50.1 Å². The summed E-state index contributed by atoms with van der Waals surface area (Å²) in [5.41, 5.74) is 3.18. The summed E-state index contributed by atoms with van der Waals surface area (Å²) in [5.74, 6) is -0.766. The summed E-state index contributed by atoms with van der Waals surface area (Å²) in [6.45, 7) is 3.75. The SMILES string of the molecule is CC(=O)c1ccc(NC(=O)CCC2c3c(F)cccc3C(=O)N2Cc2ccc(C)cc2)nc1. The molecule has 0 bridgehead atoms. The number of Topliss-reactive ketones (excluding diaryl/α,β-unsaturated/α-hetero) is 1. The second kappa shape index (κ2) is 9.32. The first-order chi connectivity index (χ1) is 15.8. The highest BCUT2D eigenvalue weighted by molar-refractivity contribution is 5.99. The molecule has 0 spiro atoms. The van der Waals surface area contributed by atoms with E-state index in [-0.39, 0.29) is 30.4 Å². The van der Waals surface area contributed by atoms with Crippen molar-refractivity contribution in [3.05, 3.63) is 94.4 Å². The van der Waals surface area contributed by atoms with Gasteiger partial charge in [-0.3, -0.25) is 14.4 Å². The van der Waals surface area contributed by atoms with Gasteiger partial charge in [0.25, 0.3) is 5.91 Å². The van der Waals surface area contributed by atoms with Crippen molar-refractivity contribution in [3.63, 3.8) is 0 Å². The van der Waals surface area contributed by atoms with E-state index in [1.807, 2.05) is 31.2 Å². The molecule has 0 radical (unpaired) electrons. The van der Waals surface area contributed by atoms with Gasteiger partial charge in [0.1, 0.15) is 11.6 Å². The van der Waals surface area contributed by atoms with Gasteiger partial charge in [0, 0.05) is 35.9 Å². The minimum absolute atomic E-state index is 0.0757. The van der Waals surface area contributed by atoms with Crippen LogP contribution >= 0.6 is 0 Å². The van der Waals surface area contributed by atoms with E-state index in [0.717, 1.165) is 11.1 Å². The molecule has 2 heterocycles. The minimum Gasteiger partial charge on any atom is -0.327 e. The highest BCUT2D eigenvalue weighted by Crippen LogP contribution is 2.39. The van der Waals surface area contributed by atoms with E-state index in [1.54, 1.807) is 23.1 Å². The van der Waals surface area contributed by atoms with Crippen LogP contribution in [0.1, 0.15) is 63.2 Å². The third-order valence-corrected chi connectivity index (χ3v) is 5.81. The number of hydrogen-bond acceptors (Lipinski definition) is 4. The van der Waals surface area contributed by atoms with E-state index in [2.05, 4.69) is 10.3 Å². The van der Waals surface area contributed by atoms with Gasteiger partial charge in [0.15, 0.2) is 5.78 Å². The van der Waals surface area contributed by atoms with E-state index < -0.39 is 11.9 Å². The van der Waals surface area contributed by atoms with Crippen LogP contribution in [0, 0.1) is 12.7 Å². The van der Waals surface area contributed by atoms with E-state index in [0.29, 0.717) is 29.1 Å². The Hall–Kier alpha value is -3.87. The maximum atomic E-state index is 14.7. The Labute approximate surface area is 191 Å². The first-order valence-electron chi connectivity index (χ1n) is 10.7. The van der Waals surface area contributed by atoms with Gasteiger partial charge in [-0.1, -0.05) is 35.9 Å². The Bertz CT molecular complexity index is 1210. The van der Waals surface area contributed by atoms with Gasteiger partial charge < -0.3 is 10.2 Å². The summed E-state index contributed by atoms with van der Waals surface area (Å²) in [4.78, 5) is 42.7. The number of nitrogens with zero attached hydrogens (tertiary/aromatic N) is 2. The van der Waals surface area contributed by atoms with Gasteiger partial charge in [0.2, 0.25) is 5.91 Å². The normalized spacial score (nSPS) is 14.8. The number of carbonyl (C=O) groups excluding carboxylic acids is 3. The van der Waals surface area contributed by atoms with Crippen molar-refractivity contribution in [1.82, 2.24) is 9.88 Å². The van der Waals surface area contributed by atoms with Crippen LogP contribution in [0.4, 0.5) is 10.2 Å². The lowest BCUT2D eigenvalue weighted by Crippen LogP contribution is -2.28. The molecule has 0 saturated heterocycles. The third-order valence-electron chi connectivity index (χ3n) is 5.81. The zero-order valence-electron chi connectivity index (χ0n) is 18.5. The summed E-state index contributed by atoms with van der Waals surface area (Å²) >= 11 is 0. The first-order valence-corrected chi connectivity index (χ1v) is 10.7. The molecule has 0 aliphatic carbocycles. The van der Waals surface area contributed by atoms with Crippen molar-refractivity contribution in [3.8, 4) is 0 Å². The summed E-state index contributed by atoms with van der Waals surface area (Å²) in [6.07, 6.45) is 1.75. The molecule has 6 nitrogen and oxygen atoms in total. The number of carbonyl (C=O) groups is 3. The van der Waals surface area contributed by atoms with E-state index in [1.165, 1.54) is 25.3 Å². The first kappa shape index (κ1) is 22.3. The molecule has 33 heavy (non-hydrogen) atoms. The topological polar surface area (TPSA) is 79.4 Å². The Morgan fingerprint density at radius 1 is 1.09 bits per heavy atom. The fraction of sp³-hybridized carbons (Fsp3) is 0.231. The molecule has 168 valence electrons. The lowest BCUT2D eigenvalue weighted by molar-refractivity contribution is -0.116. The second-order valence-electron chi connectivity index (χ2n) is 8.21. The largest absolute Gasteiger partial charge is 0.327 e. The number of aryl methyl sites for hydroxylation is 1. The fourth-order valence-corrected chi connectivity index (χ4v) is 4.04. The monoisotopic (exact) mass is 445 g/mol. The summed E-state index contributed by atoms with van der Waals surface area (Å²) in [6, 6.07) is 14.9. The van der Waals surface area contributed by atoms with Crippen molar-refractivity contribution in [2.75, 3.05) is 5.32 Å². The Kier molecular flexibility index (Phi) is 6.31. The molecule has 2 aromatic carbocycles. The molecule has 0 fully saturated rings. The number of pyridine rings is 1. The molecule has 1 atom stereocenters. The van der Waals surface area contributed by atoms with E-state index in [4.69, 9.17) is 0 Å². The number of nitrogens with one attached hydrogen (secondary N) is 1. The predicted octanol–water partition coefficient (Wildman–Crippen LogP) is 4.85. The highest BCUT2D eigenvalue weighted by atomic mass is 19.1. The fourth-order valence-electron chi connectivity index (χ4n) is 4.04. The number of benzene rings is 2. The van der Waals surface area contributed by atoms with Gasteiger partial charge in [-0.2, -0.15) is 0 Å². The molecular formula is C26H24FN3O3. The van der Waals surface area contributed by atoms with Crippen molar-refractivity contribution in [2.45, 2.75) is 39.3 Å². The van der Waals surface area contributed by atoms with Crippen molar-refractivity contribution in [1.29, 1.82) is 0 Å². The molecule has 1 N–H and O–H groups in total. The van der Waals surface area contributed by atoms with Crippen LogP contribution in [-0.2, 0) is 11.3 Å². The summed E-state index contributed by atoms with van der Waals surface area (Å²) < 4.78 is 14.7. The Balaban J connectivity index is 1.50. The molecule has 1 aliphatic rings. The molecular weight excluding hydrogens is 421 g/mol. The lowest BCUT2D eigenvalue weighted by atomic mass is 9.99. The van der Waals surface area contributed by atoms with Crippen LogP contribution in [0.3, 0.4) is 0 Å². The molecule has 3 aromatic rings. The molecule has 0 saturated carbocycles. The smallest absolute Gasteiger partial charge is 0.255 e. The third kappa shape index (κ3) is 4.82. The van der Waals surface area contributed by atoms with Crippen molar-refractivity contribution in [2.24, 2.45) is 0 Å². The van der Waals surface area contributed by atoms with E-state index >= 15 is 0 Å². The minimum atomic E-state index is -0.547. The second-order valence-corrected chi connectivity index (χ2v) is 8.21. The van der Waals surface area contributed by atoms with Crippen LogP contribution in [0.15, 0.2) is 60.8 Å². The van der Waals surface area contributed by atoms with Gasteiger partial charge in [-0.25, -0.2) is 9.37 Å². The van der Waals surface area contributed by atoms with Crippen LogP contribution in [0.25, 0.3) is 0 Å². The van der Waals surface area contributed by atoms with Crippen LogP contribution in [0.5, 0.6) is 0 Å². The van der Waals surface area contributed by atoms with Gasteiger partial charge >= 0.3 is 0 Å². The molecule has 1 aliphatic heterocycles. The summed E-state index contributed by atoms with van der Waals surface area (Å²) in [7, 11) is 0.